The lowest BCUT2D eigenvalue weighted by Crippen LogP contribution is -2.39. The number of benzene rings is 2. The number of hydrogen-bond donors (Lipinski definition) is 2. The lowest BCUT2D eigenvalue weighted by Gasteiger charge is -2.24. The van der Waals surface area contributed by atoms with Gasteiger partial charge in [-0.15, -0.1) is 0 Å². The molecule has 0 bridgehead atoms. The molecule has 3 nitrogen and oxygen atoms in total. The van der Waals surface area contributed by atoms with Crippen molar-refractivity contribution in [1.82, 2.24) is 5.32 Å². The van der Waals surface area contributed by atoms with Crippen molar-refractivity contribution in [1.29, 1.82) is 0 Å². The molecule has 2 aromatic carbocycles. The summed E-state index contributed by atoms with van der Waals surface area (Å²) in [6.07, 6.45) is 0.843. The van der Waals surface area contributed by atoms with E-state index in [2.05, 4.69) is 24.4 Å². The SMILES string of the molecule is Cc1ccccc1C1CC1C(=O)NCC(C)(O)c1ccc(F)cc1. The average Bonchev–Trinajstić information content (AvgIpc) is 3.34. The Morgan fingerprint density at radius 1 is 1.25 bits per heavy atom. The van der Waals surface area contributed by atoms with Gasteiger partial charge in [-0.3, -0.25) is 4.79 Å². The van der Waals surface area contributed by atoms with E-state index in [9.17, 15) is 14.3 Å². The normalized spacial score (nSPS) is 21.8. The summed E-state index contributed by atoms with van der Waals surface area (Å²) in [4.78, 5) is 12.4. The van der Waals surface area contributed by atoms with Gasteiger partial charge in [-0.2, -0.15) is 0 Å². The molecule has 2 N–H and O–H groups in total. The van der Waals surface area contributed by atoms with Gasteiger partial charge in [-0.05, 0) is 55.0 Å². The van der Waals surface area contributed by atoms with E-state index >= 15 is 0 Å². The highest BCUT2D eigenvalue weighted by atomic mass is 19.1. The first-order valence-corrected chi connectivity index (χ1v) is 8.20. The molecule has 0 heterocycles. The zero-order chi connectivity index (χ0) is 17.3. The lowest BCUT2D eigenvalue weighted by atomic mass is 9.96. The molecule has 0 radical (unpaired) electrons. The van der Waals surface area contributed by atoms with Crippen molar-refractivity contribution in [2.45, 2.75) is 31.8 Å². The highest BCUT2D eigenvalue weighted by Gasteiger charge is 2.44. The molecule has 0 saturated heterocycles. The van der Waals surface area contributed by atoms with E-state index in [0.29, 0.717) is 5.56 Å². The summed E-state index contributed by atoms with van der Waals surface area (Å²) in [5.74, 6) is -0.152. The molecule has 3 atom stereocenters. The van der Waals surface area contributed by atoms with Crippen molar-refractivity contribution in [2.75, 3.05) is 6.54 Å². The van der Waals surface area contributed by atoms with E-state index < -0.39 is 5.60 Å². The van der Waals surface area contributed by atoms with Gasteiger partial charge < -0.3 is 10.4 Å². The summed E-state index contributed by atoms with van der Waals surface area (Å²) in [6.45, 7) is 3.78. The second kappa shape index (κ2) is 6.36. The van der Waals surface area contributed by atoms with Crippen LogP contribution in [0.25, 0.3) is 0 Å². The topological polar surface area (TPSA) is 49.3 Å². The third kappa shape index (κ3) is 3.49. The number of nitrogens with one attached hydrogen (secondary N) is 1. The zero-order valence-electron chi connectivity index (χ0n) is 13.9. The minimum absolute atomic E-state index is 0.0323. The molecule has 4 heteroatoms. The van der Waals surface area contributed by atoms with Gasteiger partial charge in [0.2, 0.25) is 5.91 Å². The number of carbonyl (C=O) groups is 1. The highest BCUT2D eigenvalue weighted by molar-refractivity contribution is 5.83. The van der Waals surface area contributed by atoms with Crippen LogP contribution in [0.5, 0.6) is 0 Å². The second-order valence-corrected chi connectivity index (χ2v) is 6.80. The largest absolute Gasteiger partial charge is 0.384 e. The van der Waals surface area contributed by atoms with Gasteiger partial charge in [0, 0.05) is 5.92 Å². The van der Waals surface area contributed by atoms with Crippen molar-refractivity contribution < 1.29 is 14.3 Å². The van der Waals surface area contributed by atoms with Crippen LogP contribution in [0.15, 0.2) is 48.5 Å². The summed E-state index contributed by atoms with van der Waals surface area (Å²) in [7, 11) is 0. The van der Waals surface area contributed by atoms with Crippen LogP contribution in [0.4, 0.5) is 4.39 Å². The Kier molecular flexibility index (Phi) is 4.41. The molecule has 1 aliphatic carbocycles. The number of rotatable bonds is 5. The molecule has 1 aliphatic rings. The standard InChI is InChI=1S/C20H22FNO2/c1-13-5-3-4-6-16(13)17-11-18(17)19(23)22-12-20(2,24)14-7-9-15(21)10-8-14/h3-10,17-18,24H,11-12H2,1-2H3,(H,22,23). The summed E-state index contributed by atoms with van der Waals surface area (Å²) in [5.41, 5.74) is 1.78. The number of aliphatic hydroxyl groups is 1. The van der Waals surface area contributed by atoms with E-state index in [1.54, 1.807) is 6.92 Å². The first-order chi connectivity index (χ1) is 11.4. The Morgan fingerprint density at radius 3 is 2.58 bits per heavy atom. The summed E-state index contributed by atoms with van der Waals surface area (Å²) < 4.78 is 13.0. The van der Waals surface area contributed by atoms with Crippen LogP contribution >= 0.6 is 0 Å². The van der Waals surface area contributed by atoms with Crippen LogP contribution in [0.1, 0.15) is 36.0 Å². The van der Waals surface area contributed by atoms with E-state index in [-0.39, 0.29) is 30.1 Å². The molecule has 126 valence electrons. The summed E-state index contributed by atoms with van der Waals surface area (Å²) >= 11 is 0. The fourth-order valence-electron chi connectivity index (χ4n) is 3.13. The number of amides is 1. The van der Waals surface area contributed by atoms with Crippen molar-refractivity contribution in [2.24, 2.45) is 5.92 Å². The molecule has 3 rings (SSSR count). The van der Waals surface area contributed by atoms with Crippen molar-refractivity contribution in [3.63, 3.8) is 0 Å². The van der Waals surface area contributed by atoms with E-state index in [0.717, 1.165) is 6.42 Å². The highest BCUT2D eigenvalue weighted by Crippen LogP contribution is 2.48. The summed E-state index contributed by atoms with van der Waals surface area (Å²) in [6, 6.07) is 13.8. The number of aryl methyl sites for hydroxylation is 1. The average molecular weight is 327 g/mol. The van der Waals surface area contributed by atoms with Gasteiger partial charge in [0.15, 0.2) is 0 Å². The van der Waals surface area contributed by atoms with Gasteiger partial charge in [0.05, 0.1) is 6.54 Å². The van der Waals surface area contributed by atoms with Crippen molar-refractivity contribution >= 4 is 5.91 Å². The van der Waals surface area contributed by atoms with Gasteiger partial charge in [-0.1, -0.05) is 36.4 Å². The van der Waals surface area contributed by atoms with Gasteiger partial charge in [-0.25, -0.2) is 4.39 Å². The van der Waals surface area contributed by atoms with E-state index in [4.69, 9.17) is 0 Å². The molecular formula is C20H22FNO2. The van der Waals surface area contributed by atoms with Gasteiger partial charge >= 0.3 is 0 Å². The van der Waals surface area contributed by atoms with Gasteiger partial charge in [0.25, 0.3) is 0 Å². The molecule has 24 heavy (non-hydrogen) atoms. The van der Waals surface area contributed by atoms with E-state index in [1.165, 1.54) is 35.4 Å². The molecule has 1 saturated carbocycles. The zero-order valence-corrected chi connectivity index (χ0v) is 13.9. The van der Waals surface area contributed by atoms with Crippen LogP contribution in [0.3, 0.4) is 0 Å². The molecule has 1 fully saturated rings. The van der Waals surface area contributed by atoms with Crippen LogP contribution in [-0.4, -0.2) is 17.6 Å². The molecule has 0 aromatic heterocycles. The lowest BCUT2D eigenvalue weighted by molar-refractivity contribution is -0.123. The van der Waals surface area contributed by atoms with Crippen LogP contribution < -0.4 is 5.32 Å². The maximum absolute atomic E-state index is 13.0. The minimum Gasteiger partial charge on any atom is -0.384 e. The van der Waals surface area contributed by atoms with Crippen molar-refractivity contribution in [3.8, 4) is 0 Å². The Morgan fingerprint density at radius 2 is 1.92 bits per heavy atom. The molecule has 3 unspecified atom stereocenters. The van der Waals surface area contributed by atoms with Crippen LogP contribution in [0.2, 0.25) is 0 Å². The number of halogens is 1. The Balaban J connectivity index is 1.58. The molecule has 1 amide bonds. The third-order valence-electron chi connectivity index (χ3n) is 4.79. The third-order valence-corrected chi connectivity index (χ3v) is 4.79. The minimum atomic E-state index is -1.23. The molecule has 0 aliphatic heterocycles. The maximum Gasteiger partial charge on any atom is 0.223 e. The fraction of sp³-hybridized carbons (Fsp3) is 0.350. The fourth-order valence-corrected chi connectivity index (χ4v) is 3.13. The number of hydrogen-bond acceptors (Lipinski definition) is 2. The van der Waals surface area contributed by atoms with E-state index in [1.807, 2.05) is 12.1 Å². The monoisotopic (exact) mass is 327 g/mol. The quantitative estimate of drug-likeness (QED) is 0.885. The molecular weight excluding hydrogens is 305 g/mol. The predicted octanol–water partition coefficient (Wildman–Crippen LogP) is 3.26. The Labute approximate surface area is 141 Å². The second-order valence-electron chi connectivity index (χ2n) is 6.80. The first-order valence-electron chi connectivity index (χ1n) is 8.20. The predicted molar refractivity (Wildman–Crippen MR) is 91.0 cm³/mol. The van der Waals surface area contributed by atoms with Crippen LogP contribution in [-0.2, 0) is 10.4 Å². The Bertz CT molecular complexity index is 740. The van der Waals surface area contributed by atoms with Gasteiger partial charge in [0.1, 0.15) is 11.4 Å². The van der Waals surface area contributed by atoms with Crippen molar-refractivity contribution in [3.05, 3.63) is 71.0 Å². The molecule has 2 aromatic rings. The maximum atomic E-state index is 13.0. The van der Waals surface area contributed by atoms with Crippen LogP contribution in [0, 0.1) is 18.7 Å². The molecule has 0 spiro atoms. The Hall–Kier alpha value is -2.20. The summed E-state index contributed by atoms with van der Waals surface area (Å²) in [5, 5.41) is 13.4. The number of carbonyl (C=O) groups excluding carboxylic acids is 1. The first kappa shape index (κ1) is 16.7. The smallest absolute Gasteiger partial charge is 0.223 e.